The van der Waals surface area contributed by atoms with Crippen LogP contribution in [0, 0.1) is 0 Å². The van der Waals surface area contributed by atoms with Gasteiger partial charge in [-0.25, -0.2) is 4.79 Å². The van der Waals surface area contributed by atoms with E-state index < -0.39 is 0 Å². The van der Waals surface area contributed by atoms with Crippen LogP contribution in [0.5, 0.6) is 5.75 Å². The Kier molecular flexibility index (Phi) is 9.17. The summed E-state index contributed by atoms with van der Waals surface area (Å²) in [5.41, 5.74) is 6.81. The summed E-state index contributed by atoms with van der Waals surface area (Å²) in [4.78, 5) is 24.0. The Balaban J connectivity index is 1.81. The first-order valence-corrected chi connectivity index (χ1v) is 9.82. The lowest BCUT2D eigenvalue weighted by atomic mass is 10.2. The van der Waals surface area contributed by atoms with Crippen LogP contribution in [0.1, 0.15) is 12.0 Å². The molecule has 2 aromatic rings. The highest BCUT2D eigenvalue weighted by molar-refractivity contribution is 7.99. The minimum Gasteiger partial charge on any atom is -0.491 e. The monoisotopic (exact) mass is 403 g/mol. The number of carbonyl (C=O) groups is 2. The minimum atomic E-state index is -0.342. The minimum absolute atomic E-state index is 0.288. The molecular weight excluding hydrogens is 378 g/mol. The number of nitrogens with one attached hydrogen (secondary N) is 2. The van der Waals surface area contributed by atoms with E-state index in [-0.39, 0.29) is 18.4 Å². The molecule has 0 radical (unpaired) electrons. The third kappa shape index (κ3) is 7.89. The molecule has 8 heteroatoms. The molecule has 0 aliphatic carbocycles. The lowest BCUT2D eigenvalue weighted by molar-refractivity contribution is -0.117. The van der Waals surface area contributed by atoms with Crippen LogP contribution in [0.15, 0.2) is 53.4 Å². The molecule has 3 amide bonds. The van der Waals surface area contributed by atoms with E-state index in [0.29, 0.717) is 31.2 Å². The van der Waals surface area contributed by atoms with E-state index in [2.05, 4.69) is 10.6 Å². The maximum absolute atomic E-state index is 12.2. The number of nitrogens with two attached hydrogens (primary N) is 1. The van der Waals surface area contributed by atoms with Gasteiger partial charge in [0.2, 0.25) is 5.91 Å². The fourth-order valence-corrected chi connectivity index (χ4v) is 3.23. The van der Waals surface area contributed by atoms with Gasteiger partial charge in [-0.05, 0) is 29.8 Å². The highest BCUT2D eigenvalue weighted by Crippen LogP contribution is 2.27. The summed E-state index contributed by atoms with van der Waals surface area (Å²) >= 11 is 1.48. The van der Waals surface area contributed by atoms with Crippen molar-refractivity contribution in [2.45, 2.75) is 17.9 Å². The van der Waals surface area contributed by atoms with Crippen LogP contribution in [0.3, 0.4) is 0 Å². The molecule has 2 rings (SSSR count). The van der Waals surface area contributed by atoms with Crippen LogP contribution in [-0.4, -0.2) is 38.0 Å². The Bertz CT molecular complexity index is 768. The summed E-state index contributed by atoms with van der Waals surface area (Å²) in [5.74, 6) is 0.979. The van der Waals surface area contributed by atoms with Gasteiger partial charge in [-0.1, -0.05) is 24.3 Å². The first kappa shape index (κ1) is 21.6. The number of primary amides is 1. The van der Waals surface area contributed by atoms with Crippen LogP contribution < -0.4 is 21.1 Å². The van der Waals surface area contributed by atoms with Crippen molar-refractivity contribution >= 4 is 29.4 Å². The molecule has 0 spiro atoms. The molecule has 0 aliphatic heterocycles. The molecular formula is C20H25N3O4S. The second-order valence-electron chi connectivity index (χ2n) is 5.85. The number of urea groups is 1. The third-order valence-corrected chi connectivity index (χ3v) is 4.75. The molecule has 0 aliphatic rings. The van der Waals surface area contributed by atoms with Crippen LogP contribution in [0.25, 0.3) is 0 Å². The summed E-state index contributed by atoms with van der Waals surface area (Å²) in [6.45, 7) is 1.42. The van der Waals surface area contributed by atoms with Gasteiger partial charge >= 0.3 is 6.03 Å². The highest BCUT2D eigenvalue weighted by atomic mass is 32.2. The van der Waals surface area contributed by atoms with Crippen LogP contribution >= 0.6 is 11.8 Å². The van der Waals surface area contributed by atoms with Crippen molar-refractivity contribution in [3.8, 4) is 5.75 Å². The molecule has 150 valence electrons. The average molecular weight is 404 g/mol. The largest absolute Gasteiger partial charge is 0.491 e. The van der Waals surface area contributed by atoms with Crippen LogP contribution in [-0.2, 0) is 16.1 Å². The summed E-state index contributed by atoms with van der Waals surface area (Å²) < 4.78 is 10.5. The fraction of sp³-hybridized carbons (Fsp3) is 0.300. The van der Waals surface area contributed by atoms with Gasteiger partial charge in [0.1, 0.15) is 12.4 Å². The van der Waals surface area contributed by atoms with Crippen molar-refractivity contribution in [2.24, 2.45) is 5.73 Å². The maximum atomic E-state index is 12.2. The predicted molar refractivity (Wildman–Crippen MR) is 111 cm³/mol. The second-order valence-corrected chi connectivity index (χ2v) is 6.99. The Morgan fingerprint density at radius 3 is 2.54 bits per heavy atom. The van der Waals surface area contributed by atoms with Crippen molar-refractivity contribution in [1.29, 1.82) is 0 Å². The summed E-state index contributed by atoms with van der Waals surface area (Å²) in [5, 5.41) is 5.67. The molecule has 0 aromatic heterocycles. The number of methoxy groups -OCH3 is 1. The van der Waals surface area contributed by atoms with Crippen molar-refractivity contribution in [2.75, 3.05) is 31.4 Å². The number of anilines is 1. The maximum Gasteiger partial charge on any atom is 0.319 e. The Hall–Kier alpha value is -2.71. The summed E-state index contributed by atoms with van der Waals surface area (Å²) in [7, 11) is 1.63. The zero-order chi connectivity index (χ0) is 20.2. The number of para-hydroxylation sites is 1. The summed E-state index contributed by atoms with van der Waals surface area (Å²) in [6, 6.07) is 14.6. The number of amides is 3. The Labute approximate surface area is 169 Å². The molecule has 0 bridgehead atoms. The lowest BCUT2D eigenvalue weighted by Crippen LogP contribution is -2.28. The quantitative estimate of drug-likeness (QED) is 0.395. The molecule has 0 unspecified atom stereocenters. The Morgan fingerprint density at radius 2 is 1.82 bits per heavy atom. The van der Waals surface area contributed by atoms with Gasteiger partial charge in [-0.2, -0.15) is 0 Å². The zero-order valence-electron chi connectivity index (χ0n) is 15.8. The van der Waals surface area contributed by atoms with Gasteiger partial charge in [-0.3, -0.25) is 4.79 Å². The Morgan fingerprint density at radius 1 is 1.07 bits per heavy atom. The van der Waals surface area contributed by atoms with Crippen LogP contribution in [0.4, 0.5) is 10.5 Å². The number of benzene rings is 2. The average Bonchev–Trinajstić information content (AvgIpc) is 2.69. The lowest BCUT2D eigenvalue weighted by Gasteiger charge is -2.12. The second kappa shape index (κ2) is 11.9. The van der Waals surface area contributed by atoms with E-state index in [1.807, 2.05) is 48.5 Å². The molecule has 0 fully saturated rings. The normalized spacial score (nSPS) is 10.3. The standard InChI is InChI=1S/C20H25N3O4S/c1-26-11-12-27-16-8-6-15(7-9-16)14-22-20(25)23-17-4-2-3-5-18(17)28-13-10-19(21)24/h2-9H,10-14H2,1H3,(H2,21,24)(H2,22,23,25). The van der Waals surface area contributed by atoms with Crippen molar-refractivity contribution in [3.63, 3.8) is 0 Å². The van der Waals surface area contributed by atoms with Gasteiger partial charge in [0.25, 0.3) is 0 Å². The first-order chi connectivity index (χ1) is 13.6. The SMILES string of the molecule is COCCOc1ccc(CNC(=O)Nc2ccccc2SCCC(N)=O)cc1. The molecule has 28 heavy (non-hydrogen) atoms. The van der Waals surface area contributed by atoms with Crippen LogP contribution in [0.2, 0.25) is 0 Å². The molecule has 4 N–H and O–H groups in total. The van der Waals surface area contributed by atoms with Gasteiger partial charge < -0.3 is 25.8 Å². The van der Waals surface area contributed by atoms with E-state index in [4.69, 9.17) is 15.2 Å². The van der Waals surface area contributed by atoms with Gasteiger partial charge in [0.15, 0.2) is 0 Å². The van der Waals surface area contributed by atoms with E-state index in [1.165, 1.54) is 11.8 Å². The number of hydrogen-bond donors (Lipinski definition) is 3. The van der Waals surface area contributed by atoms with E-state index in [9.17, 15) is 9.59 Å². The summed E-state index contributed by atoms with van der Waals surface area (Å²) in [6.07, 6.45) is 0.288. The van der Waals surface area contributed by atoms with E-state index in [0.717, 1.165) is 16.2 Å². The molecule has 0 atom stereocenters. The smallest absolute Gasteiger partial charge is 0.319 e. The number of thioether (sulfide) groups is 1. The van der Waals surface area contributed by atoms with Gasteiger partial charge in [-0.15, -0.1) is 11.8 Å². The molecule has 7 nitrogen and oxygen atoms in total. The number of ether oxygens (including phenoxy) is 2. The predicted octanol–water partition coefficient (Wildman–Crippen LogP) is 3.00. The number of carbonyl (C=O) groups excluding carboxylic acids is 2. The first-order valence-electron chi connectivity index (χ1n) is 8.84. The molecule has 0 heterocycles. The third-order valence-electron chi connectivity index (χ3n) is 3.67. The van der Waals surface area contributed by atoms with Crippen molar-refractivity contribution in [3.05, 3.63) is 54.1 Å². The topological polar surface area (TPSA) is 103 Å². The molecule has 2 aromatic carbocycles. The molecule has 0 saturated carbocycles. The van der Waals surface area contributed by atoms with E-state index in [1.54, 1.807) is 7.11 Å². The molecule has 0 saturated heterocycles. The highest BCUT2D eigenvalue weighted by Gasteiger charge is 2.07. The van der Waals surface area contributed by atoms with E-state index >= 15 is 0 Å². The zero-order valence-corrected chi connectivity index (χ0v) is 16.6. The fourth-order valence-electron chi connectivity index (χ4n) is 2.25. The van der Waals surface area contributed by atoms with Crippen molar-refractivity contribution in [1.82, 2.24) is 5.32 Å². The van der Waals surface area contributed by atoms with Gasteiger partial charge in [0.05, 0.1) is 12.3 Å². The number of rotatable bonds is 11. The van der Waals surface area contributed by atoms with Crippen molar-refractivity contribution < 1.29 is 19.1 Å². The number of hydrogen-bond acceptors (Lipinski definition) is 5. The van der Waals surface area contributed by atoms with Gasteiger partial charge in [0, 0.05) is 30.7 Å².